The van der Waals surface area contributed by atoms with E-state index in [2.05, 4.69) is 24.1 Å². The lowest BCUT2D eigenvalue weighted by molar-refractivity contribution is -0.134. The molecule has 1 aliphatic rings. The molecular weight excluding hydrogens is 426 g/mol. The van der Waals surface area contributed by atoms with Gasteiger partial charge in [-0.1, -0.05) is 57.5 Å². The molecule has 0 spiro atoms. The maximum Gasteiger partial charge on any atom is 0.262 e. The fourth-order valence-corrected chi connectivity index (χ4v) is 4.03. The number of anilines is 2. The quantitative estimate of drug-likeness (QED) is 0.649. The number of hydrogen-bond donors (Lipinski definition) is 1. The van der Waals surface area contributed by atoms with Gasteiger partial charge in [0.15, 0.2) is 6.61 Å². The third-order valence-electron chi connectivity index (χ3n) is 5.58. The van der Waals surface area contributed by atoms with Gasteiger partial charge in [0, 0.05) is 32.1 Å². The summed E-state index contributed by atoms with van der Waals surface area (Å²) in [5.41, 5.74) is 2.64. The standard InChI is InChI=1S/C25H32ClN3O3/c1-17(2)19-8-10-20(11-9-19)32-16-23(30)27-22-7-5-6-21(26)24(22)28-12-14-29(15-13-28)25(31)18(3)4/h5-11,17-18H,12-16H2,1-4H3,(H,27,30). The van der Waals surface area contributed by atoms with Crippen LogP contribution in [-0.4, -0.2) is 49.5 Å². The first-order chi connectivity index (χ1) is 15.3. The largest absolute Gasteiger partial charge is 0.484 e. The van der Waals surface area contributed by atoms with Gasteiger partial charge in [0.05, 0.1) is 16.4 Å². The zero-order chi connectivity index (χ0) is 23.3. The van der Waals surface area contributed by atoms with Crippen LogP contribution in [0.4, 0.5) is 11.4 Å². The smallest absolute Gasteiger partial charge is 0.262 e. The van der Waals surface area contributed by atoms with Crippen molar-refractivity contribution in [3.63, 3.8) is 0 Å². The topological polar surface area (TPSA) is 61.9 Å². The third-order valence-corrected chi connectivity index (χ3v) is 5.88. The second-order valence-electron chi connectivity index (χ2n) is 8.66. The molecule has 0 saturated carbocycles. The predicted octanol–water partition coefficient (Wildman–Crippen LogP) is 4.79. The average Bonchev–Trinajstić information content (AvgIpc) is 2.78. The summed E-state index contributed by atoms with van der Waals surface area (Å²) in [4.78, 5) is 28.8. The molecule has 1 heterocycles. The molecular formula is C25H32ClN3O3. The number of carbonyl (C=O) groups excluding carboxylic acids is 2. The Balaban J connectivity index is 1.62. The Morgan fingerprint density at radius 2 is 1.66 bits per heavy atom. The van der Waals surface area contributed by atoms with E-state index in [1.165, 1.54) is 5.56 Å². The van der Waals surface area contributed by atoms with Crippen LogP contribution in [0.15, 0.2) is 42.5 Å². The zero-order valence-corrected chi connectivity index (χ0v) is 20.0. The monoisotopic (exact) mass is 457 g/mol. The van der Waals surface area contributed by atoms with Crippen LogP contribution < -0.4 is 15.0 Å². The lowest BCUT2D eigenvalue weighted by atomic mass is 10.0. The van der Waals surface area contributed by atoms with E-state index in [9.17, 15) is 9.59 Å². The summed E-state index contributed by atoms with van der Waals surface area (Å²) in [7, 11) is 0. The number of piperazine rings is 1. The molecule has 172 valence electrons. The van der Waals surface area contributed by atoms with Gasteiger partial charge in [0.1, 0.15) is 5.75 Å². The number of nitrogens with zero attached hydrogens (tertiary/aromatic N) is 2. The van der Waals surface area contributed by atoms with E-state index in [-0.39, 0.29) is 24.3 Å². The van der Waals surface area contributed by atoms with Crippen molar-refractivity contribution < 1.29 is 14.3 Å². The molecule has 32 heavy (non-hydrogen) atoms. The Labute approximate surface area is 195 Å². The van der Waals surface area contributed by atoms with Crippen LogP contribution >= 0.6 is 11.6 Å². The molecule has 1 saturated heterocycles. The van der Waals surface area contributed by atoms with E-state index < -0.39 is 0 Å². The number of carbonyl (C=O) groups is 2. The van der Waals surface area contributed by atoms with Crippen molar-refractivity contribution >= 4 is 34.8 Å². The fourth-order valence-electron chi connectivity index (χ4n) is 3.74. The van der Waals surface area contributed by atoms with Crippen LogP contribution in [0.25, 0.3) is 0 Å². The molecule has 0 atom stereocenters. The highest BCUT2D eigenvalue weighted by Crippen LogP contribution is 2.34. The maximum atomic E-state index is 12.6. The zero-order valence-electron chi connectivity index (χ0n) is 19.2. The summed E-state index contributed by atoms with van der Waals surface area (Å²) in [5, 5.41) is 3.50. The summed E-state index contributed by atoms with van der Waals surface area (Å²) in [6.45, 7) is 10.6. The number of amides is 2. The van der Waals surface area contributed by atoms with E-state index in [1.807, 2.05) is 61.2 Å². The summed E-state index contributed by atoms with van der Waals surface area (Å²) in [6, 6.07) is 13.2. The van der Waals surface area contributed by atoms with Gasteiger partial charge in [-0.2, -0.15) is 0 Å². The van der Waals surface area contributed by atoms with E-state index in [1.54, 1.807) is 0 Å². The van der Waals surface area contributed by atoms with E-state index >= 15 is 0 Å². The molecule has 0 radical (unpaired) electrons. The van der Waals surface area contributed by atoms with E-state index in [0.717, 1.165) is 5.69 Å². The fraction of sp³-hybridized carbons (Fsp3) is 0.440. The number of hydrogen-bond acceptors (Lipinski definition) is 4. The Morgan fingerprint density at radius 3 is 2.25 bits per heavy atom. The van der Waals surface area contributed by atoms with Gasteiger partial charge >= 0.3 is 0 Å². The number of ether oxygens (including phenoxy) is 1. The minimum Gasteiger partial charge on any atom is -0.484 e. The molecule has 0 aliphatic carbocycles. The first-order valence-corrected chi connectivity index (χ1v) is 11.5. The van der Waals surface area contributed by atoms with Gasteiger partial charge in [-0.3, -0.25) is 9.59 Å². The lowest BCUT2D eigenvalue weighted by Crippen LogP contribution is -2.50. The Bertz CT molecular complexity index is 936. The number of rotatable bonds is 7. The van der Waals surface area contributed by atoms with Crippen molar-refractivity contribution in [3.05, 3.63) is 53.1 Å². The molecule has 2 amide bonds. The van der Waals surface area contributed by atoms with Crippen molar-refractivity contribution in [2.24, 2.45) is 5.92 Å². The second kappa shape index (κ2) is 10.7. The molecule has 0 bridgehead atoms. The molecule has 3 rings (SSSR count). The van der Waals surface area contributed by atoms with Crippen molar-refractivity contribution in [1.82, 2.24) is 4.90 Å². The minimum absolute atomic E-state index is 0.0155. The molecule has 6 nitrogen and oxygen atoms in total. The summed E-state index contributed by atoms with van der Waals surface area (Å²) in [5.74, 6) is 0.991. The number of nitrogens with one attached hydrogen (secondary N) is 1. The van der Waals surface area contributed by atoms with Crippen LogP contribution in [0.5, 0.6) is 5.75 Å². The number of benzene rings is 2. The Kier molecular flexibility index (Phi) is 8.02. The molecule has 2 aromatic carbocycles. The van der Waals surface area contributed by atoms with Crippen molar-refractivity contribution in [2.45, 2.75) is 33.6 Å². The summed E-state index contributed by atoms with van der Waals surface area (Å²) >= 11 is 6.50. The van der Waals surface area contributed by atoms with Crippen LogP contribution in [0.2, 0.25) is 5.02 Å². The van der Waals surface area contributed by atoms with E-state index in [4.69, 9.17) is 16.3 Å². The van der Waals surface area contributed by atoms with Crippen molar-refractivity contribution in [1.29, 1.82) is 0 Å². The average molecular weight is 458 g/mol. The molecule has 1 aliphatic heterocycles. The van der Waals surface area contributed by atoms with Gasteiger partial charge in [-0.25, -0.2) is 0 Å². The van der Waals surface area contributed by atoms with Gasteiger partial charge < -0.3 is 19.9 Å². The molecule has 7 heteroatoms. The van der Waals surface area contributed by atoms with Crippen LogP contribution in [0.3, 0.4) is 0 Å². The first-order valence-electron chi connectivity index (χ1n) is 11.1. The van der Waals surface area contributed by atoms with Gasteiger partial charge in [0.25, 0.3) is 5.91 Å². The highest BCUT2D eigenvalue weighted by atomic mass is 35.5. The SMILES string of the molecule is CC(C)C(=O)N1CCN(c2c(Cl)cccc2NC(=O)COc2ccc(C(C)C)cc2)CC1. The van der Waals surface area contributed by atoms with Crippen LogP contribution in [-0.2, 0) is 9.59 Å². The van der Waals surface area contributed by atoms with Crippen LogP contribution in [0, 0.1) is 5.92 Å². The number of halogens is 1. The molecule has 0 aromatic heterocycles. The minimum atomic E-state index is -0.255. The Hall–Kier alpha value is -2.73. The maximum absolute atomic E-state index is 12.6. The van der Waals surface area contributed by atoms with Gasteiger partial charge in [0.2, 0.25) is 5.91 Å². The van der Waals surface area contributed by atoms with Crippen LogP contribution in [0.1, 0.15) is 39.2 Å². The molecule has 1 fully saturated rings. The molecule has 1 N–H and O–H groups in total. The van der Waals surface area contributed by atoms with Crippen molar-refractivity contribution in [3.8, 4) is 5.75 Å². The second-order valence-corrected chi connectivity index (χ2v) is 9.07. The lowest BCUT2D eigenvalue weighted by Gasteiger charge is -2.38. The van der Waals surface area contributed by atoms with Gasteiger partial charge in [-0.05, 0) is 35.7 Å². The van der Waals surface area contributed by atoms with Crippen molar-refractivity contribution in [2.75, 3.05) is 43.0 Å². The predicted molar refractivity (Wildman–Crippen MR) is 130 cm³/mol. The third kappa shape index (κ3) is 5.94. The van der Waals surface area contributed by atoms with Gasteiger partial charge in [-0.15, -0.1) is 0 Å². The normalized spacial score (nSPS) is 14.1. The summed E-state index contributed by atoms with van der Waals surface area (Å²) < 4.78 is 5.65. The van der Waals surface area contributed by atoms with E-state index in [0.29, 0.717) is 48.6 Å². The highest BCUT2D eigenvalue weighted by Gasteiger charge is 2.25. The molecule has 2 aromatic rings. The number of para-hydroxylation sites is 1. The Morgan fingerprint density at radius 1 is 1.00 bits per heavy atom. The molecule has 0 unspecified atom stereocenters. The first kappa shape index (κ1) is 23.9. The summed E-state index contributed by atoms with van der Waals surface area (Å²) in [6.07, 6.45) is 0. The highest BCUT2D eigenvalue weighted by molar-refractivity contribution is 6.34.